The van der Waals surface area contributed by atoms with Crippen molar-refractivity contribution in [3.05, 3.63) is 35.9 Å². The lowest BCUT2D eigenvalue weighted by atomic mass is 10.0. The minimum atomic E-state index is -1.73. The Labute approximate surface area is 561 Å². The zero-order valence-corrected chi connectivity index (χ0v) is 59.7. The Balaban J connectivity index is 2.79. The molecular weight excluding hydrogens is 1250 g/mol. The van der Waals surface area contributed by atoms with Crippen LogP contribution in [0.5, 0.6) is 0 Å². The van der Waals surface area contributed by atoms with E-state index >= 15 is 0 Å². The zero-order valence-electron chi connectivity index (χ0n) is 59.7. The average Bonchev–Trinajstić information content (AvgIpc) is 1.00. The van der Waals surface area contributed by atoms with Crippen molar-refractivity contribution in [3.8, 4) is 0 Å². The van der Waals surface area contributed by atoms with Crippen molar-refractivity contribution in [2.75, 3.05) is 0 Å². The van der Waals surface area contributed by atoms with E-state index in [-0.39, 0.29) is 6.61 Å². The molecule has 96 heavy (non-hydrogen) atoms. The number of nitrogens with two attached hydrogens (primary N) is 1. The third-order valence-electron chi connectivity index (χ3n) is 14.8. The Morgan fingerprint density at radius 2 is 0.458 bits per heavy atom. The van der Waals surface area contributed by atoms with Crippen molar-refractivity contribution in [1.29, 1.82) is 0 Å². The molecule has 8 atom stereocenters. The largest absolute Gasteiger partial charge is 0.459 e. The maximum atomic E-state index is 13.5. The highest BCUT2D eigenvalue weighted by Gasteiger charge is 2.43. The molecule has 0 heterocycles. The summed E-state index contributed by atoms with van der Waals surface area (Å²) in [5, 5.41) is 37.2. The summed E-state index contributed by atoms with van der Waals surface area (Å²) in [6.45, 7) is 32.3. The first kappa shape index (κ1) is 84.7. The van der Waals surface area contributed by atoms with Gasteiger partial charge in [-0.25, -0.2) is 4.79 Å². The Kier molecular flexibility index (Phi) is 29.5. The molecule has 1 aromatic carbocycles. The lowest BCUT2D eigenvalue weighted by molar-refractivity contribution is -0.153. The predicted molar refractivity (Wildman–Crippen MR) is 351 cm³/mol. The Bertz CT molecular complexity index is 3120. The normalized spacial score (nSPS) is 14.7. The summed E-state index contributed by atoms with van der Waals surface area (Å²) in [5.41, 5.74) is -6.77. The second kappa shape index (κ2) is 33.4. The molecule has 0 unspecified atom stereocenters. The monoisotopic (exact) mass is 1360 g/mol. The predicted octanol–water partition coefficient (Wildman–Crippen LogP) is -3.23. The highest BCUT2D eigenvalue weighted by molar-refractivity contribution is 6.03. The van der Waals surface area contributed by atoms with Crippen molar-refractivity contribution in [1.82, 2.24) is 79.8 Å². The van der Waals surface area contributed by atoms with Gasteiger partial charge >= 0.3 is 5.97 Å². The molecule has 17 N–H and O–H groups in total. The van der Waals surface area contributed by atoms with Crippen LogP contribution in [0.3, 0.4) is 0 Å². The first-order valence-corrected chi connectivity index (χ1v) is 31.1. The van der Waals surface area contributed by atoms with Crippen molar-refractivity contribution in [2.45, 2.75) is 265 Å². The fourth-order valence-electron chi connectivity index (χ4n) is 7.79. The standard InChI is InChI=1S/C63H104N16O17/c1-31(64)40(80)72-56(9,10)48(88)65-32(2)41(81)73-57(11,12)49(89)66-33(3)42(82)74-58(13,14)50(90)67-34(4)43(83)75-59(15,16)51(91)68-35(5)44(84)76-60(17,18)52(92)69-36(6)45(85)77-61(19,20)53(93)70-37(7)46(86)78-62(21,22)54(94)71-38(8)47(87)79-63(23,24)55(95)96-30-39-28-26-25-27-29-39/h25-29,31-38H,30,64H2,1-24H3,(H,65,88)(H,66,89)(H,67,90)(H,68,91)(H,69,92)(H,70,93)(H,71,94)(H,72,80)(H,73,81)(H,74,82)(H,75,83)(H,76,84)(H,77,85)(H,78,86)(H,79,87)/t31-,32-,33-,34-,35-,36-,37-,38-/m0/s1. The maximum absolute atomic E-state index is 13.5. The fourth-order valence-corrected chi connectivity index (χ4v) is 7.79. The minimum absolute atomic E-state index is 0.0267. The highest BCUT2D eigenvalue weighted by Crippen LogP contribution is 2.14. The van der Waals surface area contributed by atoms with Crippen molar-refractivity contribution in [3.63, 3.8) is 0 Å². The summed E-state index contributed by atoms with van der Waals surface area (Å²) >= 11 is 0. The van der Waals surface area contributed by atoms with Gasteiger partial charge in [0.2, 0.25) is 88.6 Å². The van der Waals surface area contributed by atoms with E-state index in [9.17, 15) is 76.7 Å². The van der Waals surface area contributed by atoms with E-state index < -0.39 is 187 Å². The first-order chi connectivity index (χ1) is 43.4. The van der Waals surface area contributed by atoms with Gasteiger partial charge in [-0.2, -0.15) is 0 Å². The molecule has 538 valence electrons. The number of carbonyl (C=O) groups is 16. The molecule has 0 spiro atoms. The molecule has 0 aromatic heterocycles. The van der Waals surface area contributed by atoms with Gasteiger partial charge in [-0.1, -0.05) is 30.3 Å². The van der Waals surface area contributed by atoms with E-state index in [1.54, 1.807) is 24.3 Å². The van der Waals surface area contributed by atoms with Gasteiger partial charge in [0.1, 0.15) is 93.2 Å². The fraction of sp³-hybridized carbons (Fsp3) is 0.651. The van der Waals surface area contributed by atoms with Gasteiger partial charge in [0.15, 0.2) is 0 Å². The molecule has 0 bridgehead atoms. The molecule has 0 aliphatic heterocycles. The van der Waals surface area contributed by atoms with Crippen molar-refractivity contribution < 1.29 is 81.4 Å². The number of ether oxygens (including phenoxy) is 1. The Morgan fingerprint density at radius 1 is 0.292 bits per heavy atom. The van der Waals surface area contributed by atoms with Crippen LogP contribution in [0.2, 0.25) is 0 Å². The van der Waals surface area contributed by atoms with E-state index in [4.69, 9.17) is 10.5 Å². The van der Waals surface area contributed by atoms with Crippen LogP contribution in [0.4, 0.5) is 0 Å². The Morgan fingerprint density at radius 3 is 0.635 bits per heavy atom. The zero-order chi connectivity index (χ0) is 75.0. The van der Waals surface area contributed by atoms with Gasteiger partial charge in [0.25, 0.3) is 0 Å². The molecule has 15 amide bonds. The summed E-state index contributed by atoms with van der Waals surface area (Å²) in [5.74, 6) is -12.8. The second-order valence-electron chi connectivity index (χ2n) is 28.1. The lowest BCUT2D eigenvalue weighted by Gasteiger charge is -2.32. The van der Waals surface area contributed by atoms with Gasteiger partial charge < -0.3 is 90.2 Å². The minimum Gasteiger partial charge on any atom is -0.459 e. The molecule has 0 fully saturated rings. The molecular formula is C63H104N16O17. The van der Waals surface area contributed by atoms with E-state index in [0.29, 0.717) is 0 Å². The summed E-state index contributed by atoms with van der Waals surface area (Å²) in [7, 11) is 0. The average molecular weight is 1360 g/mol. The van der Waals surface area contributed by atoms with Gasteiger partial charge in [-0.15, -0.1) is 0 Å². The van der Waals surface area contributed by atoms with Gasteiger partial charge in [-0.05, 0) is 172 Å². The quantitative estimate of drug-likeness (QED) is 0.0308. The molecule has 0 saturated heterocycles. The number of hydrogen-bond donors (Lipinski definition) is 16. The van der Waals surface area contributed by atoms with Gasteiger partial charge in [0.05, 0.1) is 6.04 Å². The molecule has 0 aliphatic rings. The van der Waals surface area contributed by atoms with E-state index in [1.165, 1.54) is 166 Å². The van der Waals surface area contributed by atoms with Crippen LogP contribution in [-0.4, -0.2) is 187 Å². The van der Waals surface area contributed by atoms with E-state index in [1.807, 2.05) is 6.07 Å². The van der Waals surface area contributed by atoms with E-state index in [0.717, 1.165) is 5.56 Å². The Hall–Kier alpha value is -9.30. The highest BCUT2D eigenvalue weighted by atomic mass is 16.5. The molecule has 33 nitrogen and oxygen atoms in total. The molecule has 0 radical (unpaired) electrons. The van der Waals surface area contributed by atoms with Crippen LogP contribution < -0.4 is 85.5 Å². The number of nitrogens with one attached hydrogen (secondary N) is 15. The number of rotatable bonds is 33. The topological polar surface area (TPSA) is 489 Å². The number of benzene rings is 1. The summed E-state index contributed by atoms with van der Waals surface area (Å²) in [4.78, 5) is 211. The number of carbonyl (C=O) groups excluding carboxylic acids is 16. The second-order valence-corrected chi connectivity index (χ2v) is 28.1. The van der Waals surface area contributed by atoms with Crippen LogP contribution >= 0.6 is 0 Å². The smallest absolute Gasteiger partial charge is 0.331 e. The third kappa shape index (κ3) is 25.8. The summed E-state index contributed by atoms with van der Waals surface area (Å²) < 4.78 is 5.35. The summed E-state index contributed by atoms with van der Waals surface area (Å²) in [6, 6.07) is -0.905. The number of hydrogen-bond acceptors (Lipinski definition) is 18. The van der Waals surface area contributed by atoms with Gasteiger partial charge in [-0.3, -0.25) is 71.9 Å². The molecule has 0 saturated carbocycles. The van der Waals surface area contributed by atoms with Crippen LogP contribution in [-0.2, 0) is 88.1 Å². The van der Waals surface area contributed by atoms with Crippen LogP contribution in [0.15, 0.2) is 30.3 Å². The molecule has 1 aromatic rings. The summed E-state index contributed by atoms with van der Waals surface area (Å²) in [6.07, 6.45) is 0. The lowest BCUT2D eigenvalue weighted by Crippen LogP contribution is -2.65. The number of amides is 15. The number of esters is 1. The van der Waals surface area contributed by atoms with Crippen molar-refractivity contribution in [2.24, 2.45) is 5.73 Å². The first-order valence-electron chi connectivity index (χ1n) is 31.1. The van der Waals surface area contributed by atoms with Crippen LogP contribution in [0, 0.1) is 0 Å². The van der Waals surface area contributed by atoms with Crippen molar-refractivity contribution >= 4 is 94.6 Å². The van der Waals surface area contributed by atoms with E-state index in [2.05, 4.69) is 79.8 Å². The SMILES string of the molecule is C[C@H](N)C(=O)NC(C)(C)C(=O)N[C@@H](C)C(=O)NC(C)(C)C(=O)N[C@@H](C)C(=O)NC(C)(C)C(=O)N[C@@H](C)C(=O)NC(C)(C)C(=O)N[C@@H](C)C(=O)NC(C)(C)C(=O)N[C@@H](C)C(=O)NC(C)(C)C(=O)N[C@@H](C)C(=O)NC(C)(C)C(=O)N[C@@H](C)C(=O)NC(C)(C)C(=O)OCc1ccccc1. The molecule has 1 rings (SSSR count). The molecule has 0 aliphatic carbocycles. The third-order valence-corrected chi connectivity index (χ3v) is 14.8. The molecule has 33 heteroatoms. The van der Waals surface area contributed by atoms with Gasteiger partial charge in [0, 0.05) is 0 Å². The van der Waals surface area contributed by atoms with Crippen LogP contribution in [0.1, 0.15) is 172 Å². The van der Waals surface area contributed by atoms with Crippen LogP contribution in [0.25, 0.3) is 0 Å². The maximum Gasteiger partial charge on any atom is 0.331 e.